The third-order valence-corrected chi connectivity index (χ3v) is 7.61. The first-order valence-electron chi connectivity index (χ1n) is 9.45. The van der Waals surface area contributed by atoms with E-state index in [1.165, 1.54) is 37.1 Å². The van der Waals surface area contributed by atoms with Crippen LogP contribution in [0, 0.1) is 5.82 Å². The second kappa shape index (κ2) is 6.53. The van der Waals surface area contributed by atoms with Crippen LogP contribution in [0.1, 0.15) is 25.0 Å². The molecule has 1 aromatic heterocycles. The standard InChI is InChI=1S/C21H20FN3O2S/c22-15-6-8-17(9-7-15)28(26,27)19-5-1-4-18-20(19)21(24-23-18)14-10-12-25-11-2-3-16(25)13-14/h1,4-10,16H,2-3,11-13H2,(H,23,24). The van der Waals surface area contributed by atoms with E-state index in [-0.39, 0.29) is 9.79 Å². The number of sulfone groups is 1. The largest absolute Gasteiger partial charge is 0.296 e. The molecule has 5 nitrogen and oxygen atoms in total. The third-order valence-electron chi connectivity index (χ3n) is 5.80. The summed E-state index contributed by atoms with van der Waals surface area (Å²) in [5.74, 6) is -0.463. The smallest absolute Gasteiger partial charge is 0.207 e. The molecule has 0 amide bonds. The van der Waals surface area contributed by atoms with Gasteiger partial charge in [0.15, 0.2) is 0 Å². The Balaban J connectivity index is 1.65. The van der Waals surface area contributed by atoms with Gasteiger partial charge < -0.3 is 0 Å². The van der Waals surface area contributed by atoms with Gasteiger partial charge in [0.1, 0.15) is 5.82 Å². The second-order valence-electron chi connectivity index (χ2n) is 7.43. The molecule has 2 aromatic carbocycles. The Hall–Kier alpha value is -2.51. The quantitative estimate of drug-likeness (QED) is 0.683. The molecule has 3 aromatic rings. The van der Waals surface area contributed by atoms with E-state index in [1.54, 1.807) is 12.1 Å². The number of aromatic nitrogens is 2. The van der Waals surface area contributed by atoms with Gasteiger partial charge in [-0.3, -0.25) is 10.00 Å². The van der Waals surface area contributed by atoms with Crippen LogP contribution in [-0.4, -0.2) is 42.6 Å². The molecule has 7 heteroatoms. The van der Waals surface area contributed by atoms with Crippen LogP contribution >= 0.6 is 0 Å². The highest BCUT2D eigenvalue weighted by atomic mass is 32.2. The Labute approximate surface area is 162 Å². The van der Waals surface area contributed by atoms with Crippen molar-refractivity contribution < 1.29 is 12.8 Å². The molecule has 0 saturated carbocycles. The predicted molar refractivity (Wildman–Crippen MR) is 105 cm³/mol. The average Bonchev–Trinajstić information content (AvgIpc) is 3.34. The topological polar surface area (TPSA) is 66.1 Å². The fourth-order valence-corrected chi connectivity index (χ4v) is 5.84. The van der Waals surface area contributed by atoms with Gasteiger partial charge in [0.05, 0.1) is 21.0 Å². The van der Waals surface area contributed by atoms with Crippen LogP contribution in [0.4, 0.5) is 4.39 Å². The minimum absolute atomic E-state index is 0.0770. The number of fused-ring (bicyclic) bond motifs is 2. The van der Waals surface area contributed by atoms with Crippen molar-refractivity contribution in [1.29, 1.82) is 0 Å². The SMILES string of the molecule is O=S(=O)(c1ccc(F)cc1)c1cccc2[nH]nc(C3=CCN4CCCC4C3)c12. The summed E-state index contributed by atoms with van der Waals surface area (Å²) < 4.78 is 39.8. The van der Waals surface area contributed by atoms with Crippen LogP contribution in [0.25, 0.3) is 16.5 Å². The summed E-state index contributed by atoms with van der Waals surface area (Å²) in [6, 6.07) is 10.6. The number of aromatic amines is 1. The zero-order valence-corrected chi connectivity index (χ0v) is 16.0. The molecular formula is C21H20FN3O2S. The van der Waals surface area contributed by atoms with Crippen molar-refractivity contribution in [1.82, 2.24) is 15.1 Å². The van der Waals surface area contributed by atoms with Crippen LogP contribution in [0.3, 0.4) is 0 Å². The monoisotopic (exact) mass is 397 g/mol. The van der Waals surface area contributed by atoms with Crippen LogP contribution in [0.15, 0.2) is 58.3 Å². The van der Waals surface area contributed by atoms with Crippen LogP contribution in [0.2, 0.25) is 0 Å². The van der Waals surface area contributed by atoms with Crippen LogP contribution in [-0.2, 0) is 9.84 Å². The number of hydrogen-bond donors (Lipinski definition) is 1. The zero-order valence-electron chi connectivity index (χ0n) is 15.2. The van der Waals surface area contributed by atoms with Crippen molar-refractivity contribution in [3.05, 3.63) is 60.1 Å². The van der Waals surface area contributed by atoms with Gasteiger partial charge in [-0.15, -0.1) is 0 Å². The van der Waals surface area contributed by atoms with E-state index in [0.717, 1.165) is 25.1 Å². The molecule has 0 bridgehead atoms. The molecule has 1 unspecified atom stereocenters. The van der Waals surface area contributed by atoms with E-state index >= 15 is 0 Å². The molecule has 5 rings (SSSR count). The number of benzene rings is 2. The molecule has 0 aliphatic carbocycles. The first-order valence-corrected chi connectivity index (χ1v) is 10.9. The Morgan fingerprint density at radius 2 is 1.96 bits per heavy atom. The van der Waals surface area contributed by atoms with Crippen molar-refractivity contribution >= 4 is 26.3 Å². The minimum atomic E-state index is -3.80. The fourth-order valence-electron chi connectivity index (χ4n) is 4.36. The Kier molecular flexibility index (Phi) is 4.10. The van der Waals surface area contributed by atoms with E-state index in [4.69, 9.17) is 0 Å². The molecule has 144 valence electrons. The molecule has 1 saturated heterocycles. The molecule has 0 spiro atoms. The maximum absolute atomic E-state index is 13.3. The second-order valence-corrected chi connectivity index (χ2v) is 9.35. The number of hydrogen-bond acceptors (Lipinski definition) is 4. The van der Waals surface area contributed by atoms with E-state index in [9.17, 15) is 12.8 Å². The molecule has 2 aliphatic rings. The average molecular weight is 397 g/mol. The summed E-state index contributed by atoms with van der Waals surface area (Å²) in [5, 5.41) is 8.08. The highest BCUT2D eigenvalue weighted by Crippen LogP contribution is 2.37. The number of rotatable bonds is 3. The lowest BCUT2D eigenvalue weighted by molar-refractivity contribution is 0.275. The van der Waals surface area contributed by atoms with Crippen molar-refractivity contribution in [2.45, 2.75) is 35.1 Å². The van der Waals surface area contributed by atoms with Gasteiger partial charge in [-0.2, -0.15) is 5.10 Å². The molecule has 1 atom stereocenters. The van der Waals surface area contributed by atoms with Crippen molar-refractivity contribution in [3.8, 4) is 0 Å². The maximum atomic E-state index is 13.3. The number of nitrogens with one attached hydrogen (secondary N) is 1. The highest BCUT2D eigenvalue weighted by molar-refractivity contribution is 7.91. The number of halogens is 1. The summed E-state index contributed by atoms with van der Waals surface area (Å²) in [6.07, 6.45) is 5.42. The summed E-state index contributed by atoms with van der Waals surface area (Å²) in [5.41, 5.74) is 2.49. The normalized spacial score (nSPS) is 20.3. The summed E-state index contributed by atoms with van der Waals surface area (Å²) in [7, 11) is -3.80. The van der Waals surface area contributed by atoms with E-state index in [1.807, 2.05) is 6.07 Å². The van der Waals surface area contributed by atoms with Crippen molar-refractivity contribution in [2.75, 3.05) is 13.1 Å². The van der Waals surface area contributed by atoms with Crippen LogP contribution in [0.5, 0.6) is 0 Å². The minimum Gasteiger partial charge on any atom is -0.296 e. The van der Waals surface area contributed by atoms with Gasteiger partial charge >= 0.3 is 0 Å². The Bertz CT molecular complexity index is 1180. The predicted octanol–water partition coefficient (Wildman–Crippen LogP) is 3.79. The zero-order chi connectivity index (χ0) is 19.3. The van der Waals surface area contributed by atoms with Gasteiger partial charge in [-0.25, -0.2) is 12.8 Å². The van der Waals surface area contributed by atoms with Crippen molar-refractivity contribution in [3.63, 3.8) is 0 Å². The van der Waals surface area contributed by atoms with Gasteiger partial charge in [-0.05, 0) is 67.8 Å². The molecule has 3 heterocycles. The maximum Gasteiger partial charge on any atom is 0.207 e. The lowest BCUT2D eigenvalue weighted by Crippen LogP contribution is -2.32. The Morgan fingerprint density at radius 3 is 2.79 bits per heavy atom. The van der Waals surface area contributed by atoms with Crippen LogP contribution < -0.4 is 0 Å². The van der Waals surface area contributed by atoms with Crippen molar-refractivity contribution in [2.24, 2.45) is 0 Å². The molecule has 2 aliphatic heterocycles. The van der Waals surface area contributed by atoms with E-state index in [0.29, 0.717) is 22.6 Å². The van der Waals surface area contributed by atoms with Gasteiger partial charge in [0.2, 0.25) is 9.84 Å². The summed E-state index contributed by atoms with van der Waals surface area (Å²) in [4.78, 5) is 2.75. The highest BCUT2D eigenvalue weighted by Gasteiger charge is 2.31. The first-order chi connectivity index (χ1) is 13.5. The first kappa shape index (κ1) is 17.6. The lowest BCUT2D eigenvalue weighted by Gasteiger charge is -2.28. The van der Waals surface area contributed by atoms with E-state index in [2.05, 4.69) is 21.2 Å². The number of nitrogens with zero attached hydrogens (tertiary/aromatic N) is 2. The molecule has 1 N–H and O–H groups in total. The van der Waals surface area contributed by atoms with Gasteiger partial charge in [0, 0.05) is 18.0 Å². The number of H-pyrrole nitrogens is 1. The lowest BCUT2D eigenvalue weighted by atomic mass is 9.96. The molecule has 28 heavy (non-hydrogen) atoms. The Morgan fingerprint density at radius 1 is 1.14 bits per heavy atom. The van der Waals surface area contributed by atoms with Gasteiger partial charge in [-0.1, -0.05) is 12.1 Å². The third kappa shape index (κ3) is 2.77. The summed E-state index contributed by atoms with van der Waals surface area (Å²) in [6.45, 7) is 2.00. The van der Waals surface area contributed by atoms with Gasteiger partial charge in [0.25, 0.3) is 0 Å². The molecule has 0 radical (unpaired) electrons. The molecule has 1 fully saturated rings. The van der Waals surface area contributed by atoms with E-state index < -0.39 is 15.7 Å². The summed E-state index contributed by atoms with van der Waals surface area (Å²) >= 11 is 0. The molecular weight excluding hydrogens is 377 g/mol. The fraction of sp³-hybridized carbons (Fsp3) is 0.286.